The first-order valence-corrected chi connectivity index (χ1v) is 24.8. The van der Waals surface area contributed by atoms with Gasteiger partial charge >= 0.3 is 246 Å². The van der Waals surface area contributed by atoms with Crippen molar-refractivity contribution < 1.29 is 9.53 Å². The third kappa shape index (κ3) is 13.4. The Bertz CT molecular complexity index is 916. The summed E-state index contributed by atoms with van der Waals surface area (Å²) in [5.74, 6) is 0. The van der Waals surface area contributed by atoms with Crippen LogP contribution in [0.25, 0.3) is 0 Å². The van der Waals surface area contributed by atoms with Crippen molar-refractivity contribution in [3.05, 3.63) is 71.8 Å². The Hall–Kier alpha value is -1.53. The summed E-state index contributed by atoms with van der Waals surface area (Å²) in [5.41, 5.74) is 2.51. The Morgan fingerprint density at radius 1 is 0.690 bits per heavy atom. The fourth-order valence-electron chi connectivity index (χ4n) is 6.44. The molecule has 1 atom stereocenters. The van der Waals surface area contributed by atoms with Crippen molar-refractivity contribution in [2.75, 3.05) is 20.7 Å². The molecule has 0 aliphatic carbocycles. The average molecular weight is 686 g/mol. The zero-order valence-corrected chi connectivity index (χ0v) is 30.6. The van der Waals surface area contributed by atoms with Crippen LogP contribution in [0, 0.1) is 0 Å². The topological polar surface area (TPSA) is 32.8 Å². The van der Waals surface area contributed by atoms with E-state index in [-0.39, 0.29) is 6.03 Å². The van der Waals surface area contributed by atoms with Gasteiger partial charge in [-0.25, -0.2) is 0 Å². The number of nitrogens with zero attached hydrogens (tertiary/aromatic N) is 2. The second kappa shape index (κ2) is 22.0. The molecule has 0 saturated carbocycles. The molecule has 42 heavy (non-hydrogen) atoms. The van der Waals surface area contributed by atoms with Gasteiger partial charge in [0.05, 0.1) is 0 Å². The zero-order chi connectivity index (χ0) is 30.5. The van der Waals surface area contributed by atoms with Gasteiger partial charge in [0.25, 0.3) is 0 Å². The summed E-state index contributed by atoms with van der Waals surface area (Å²) in [6.07, 6.45) is 15.0. The number of hydrogen-bond donors (Lipinski definition) is 0. The molecule has 1 unspecified atom stereocenters. The second-order valence-electron chi connectivity index (χ2n) is 12.6. The molecular weight excluding hydrogens is 623 g/mol. The van der Waals surface area contributed by atoms with Crippen LogP contribution in [0.1, 0.15) is 109 Å². The molecule has 2 amide bonds. The van der Waals surface area contributed by atoms with E-state index in [1.54, 1.807) is 0 Å². The van der Waals surface area contributed by atoms with Crippen molar-refractivity contribution in [2.45, 2.75) is 128 Å². The van der Waals surface area contributed by atoms with Crippen LogP contribution in [0.15, 0.2) is 60.7 Å². The Morgan fingerprint density at radius 2 is 1.19 bits per heavy atom. The van der Waals surface area contributed by atoms with Crippen LogP contribution in [0.2, 0.25) is 13.3 Å². The SMILES string of the molecule is CCC[CH2][Sn]([CH2]CCC)([CH2]CCC)[CH](CCCCCCCOCc1ccccc1)N(Cc1ccccc1)C(=O)N(C)C. The third-order valence-corrected chi connectivity index (χ3v) is 26.2. The third-order valence-electron chi connectivity index (χ3n) is 8.87. The molecule has 2 aromatic carbocycles. The molecule has 2 rings (SSSR count). The number of rotatable bonds is 23. The standard InChI is InChI=1S/C25H35N2O2.3C4H9.Sn/c1-26(2)25(28)27(21-23-15-9-7-10-16-23)19-13-5-3-4-6-14-20-29-22-24-17-11-8-12-18-24;3*1-3-4-2;/h7-12,15-19H,3-6,13-14,20-22H2,1-2H3;3*1,3-4H2,2H3;. The van der Waals surface area contributed by atoms with Gasteiger partial charge in [-0.3, -0.25) is 0 Å². The van der Waals surface area contributed by atoms with Gasteiger partial charge in [0.2, 0.25) is 0 Å². The van der Waals surface area contributed by atoms with E-state index in [0.717, 1.165) is 19.6 Å². The molecule has 0 aliphatic heterocycles. The van der Waals surface area contributed by atoms with Gasteiger partial charge < -0.3 is 0 Å². The number of carbonyl (C=O) groups excluding carboxylic acids is 1. The van der Waals surface area contributed by atoms with E-state index in [9.17, 15) is 4.79 Å². The molecule has 0 aliphatic rings. The summed E-state index contributed by atoms with van der Waals surface area (Å²) >= 11 is -2.77. The van der Waals surface area contributed by atoms with E-state index >= 15 is 0 Å². The van der Waals surface area contributed by atoms with E-state index in [4.69, 9.17) is 4.74 Å². The molecule has 0 aromatic heterocycles. The second-order valence-corrected chi connectivity index (χ2v) is 26.5. The van der Waals surface area contributed by atoms with Crippen LogP contribution in [0.4, 0.5) is 4.79 Å². The minimum absolute atomic E-state index is 0.213. The van der Waals surface area contributed by atoms with Gasteiger partial charge in [-0.1, -0.05) is 18.2 Å². The Kier molecular flexibility index (Phi) is 19.2. The zero-order valence-electron chi connectivity index (χ0n) is 27.8. The number of hydrogen-bond acceptors (Lipinski definition) is 2. The van der Waals surface area contributed by atoms with Gasteiger partial charge in [-0.05, 0) is 0 Å². The van der Waals surface area contributed by atoms with Crippen LogP contribution < -0.4 is 0 Å². The normalized spacial score (nSPS) is 12.3. The summed E-state index contributed by atoms with van der Waals surface area (Å²) in [5, 5.41) is 0. The molecule has 4 nitrogen and oxygen atoms in total. The monoisotopic (exact) mass is 686 g/mol. The van der Waals surface area contributed by atoms with E-state index < -0.39 is 18.4 Å². The molecule has 0 saturated heterocycles. The van der Waals surface area contributed by atoms with Gasteiger partial charge in [0.1, 0.15) is 0 Å². The molecule has 0 radical (unpaired) electrons. The van der Waals surface area contributed by atoms with Crippen molar-refractivity contribution in [3.8, 4) is 0 Å². The predicted octanol–water partition coefficient (Wildman–Crippen LogP) is 10.5. The number of amides is 2. The van der Waals surface area contributed by atoms with Gasteiger partial charge in [0, 0.05) is 0 Å². The number of carbonyl (C=O) groups is 1. The number of urea groups is 1. The Balaban J connectivity index is 2.15. The molecule has 0 heterocycles. The maximum absolute atomic E-state index is 14.0. The summed E-state index contributed by atoms with van der Waals surface area (Å²) in [6.45, 7) is 9.33. The molecule has 0 N–H and O–H groups in total. The summed E-state index contributed by atoms with van der Waals surface area (Å²) in [7, 11) is 3.89. The predicted molar refractivity (Wildman–Crippen MR) is 184 cm³/mol. The van der Waals surface area contributed by atoms with Crippen LogP contribution in [0.5, 0.6) is 0 Å². The van der Waals surface area contributed by atoms with Crippen molar-refractivity contribution >= 4 is 24.4 Å². The summed E-state index contributed by atoms with van der Waals surface area (Å²) in [4.78, 5) is 18.2. The Morgan fingerprint density at radius 3 is 1.71 bits per heavy atom. The number of unbranched alkanes of at least 4 members (excludes halogenated alkanes) is 7. The molecule has 0 bridgehead atoms. The van der Waals surface area contributed by atoms with Crippen molar-refractivity contribution in [1.82, 2.24) is 9.80 Å². The molecule has 2 aromatic rings. The number of ether oxygens (including phenoxy) is 1. The van der Waals surface area contributed by atoms with Crippen LogP contribution in [-0.4, -0.2) is 59.0 Å². The van der Waals surface area contributed by atoms with Gasteiger partial charge in [-0.2, -0.15) is 0 Å². The van der Waals surface area contributed by atoms with Crippen molar-refractivity contribution in [3.63, 3.8) is 0 Å². The molecule has 5 heteroatoms. The van der Waals surface area contributed by atoms with E-state index in [2.05, 4.69) is 86.3 Å². The quantitative estimate of drug-likeness (QED) is 0.0862. The fraction of sp³-hybridized carbons (Fsp3) is 0.649. The first kappa shape index (κ1) is 36.7. The van der Waals surface area contributed by atoms with E-state index in [1.807, 2.05) is 19.0 Å². The fourth-order valence-corrected chi connectivity index (χ4v) is 25.3. The Labute approximate surface area is 263 Å². The molecule has 0 spiro atoms. The van der Waals surface area contributed by atoms with Gasteiger partial charge in [-0.15, -0.1) is 0 Å². The average Bonchev–Trinajstić information content (AvgIpc) is 3.02. The number of benzene rings is 2. The van der Waals surface area contributed by atoms with Crippen LogP contribution in [0.3, 0.4) is 0 Å². The first-order chi connectivity index (χ1) is 20.5. The van der Waals surface area contributed by atoms with Crippen LogP contribution in [-0.2, 0) is 17.9 Å². The first-order valence-electron chi connectivity index (χ1n) is 17.1. The minimum atomic E-state index is -2.77. The summed E-state index contributed by atoms with van der Waals surface area (Å²) < 4.78 is 10.7. The van der Waals surface area contributed by atoms with Crippen molar-refractivity contribution in [2.24, 2.45) is 0 Å². The van der Waals surface area contributed by atoms with Crippen LogP contribution >= 0.6 is 0 Å². The van der Waals surface area contributed by atoms with E-state index in [1.165, 1.54) is 95.1 Å². The van der Waals surface area contributed by atoms with Crippen molar-refractivity contribution in [1.29, 1.82) is 0 Å². The maximum atomic E-state index is 14.0. The molecule has 236 valence electrons. The van der Waals surface area contributed by atoms with Gasteiger partial charge in [0.15, 0.2) is 0 Å². The summed E-state index contributed by atoms with van der Waals surface area (Å²) in [6, 6.07) is 21.4. The molecular formula is C37H62N2O2Sn. The molecule has 0 fully saturated rings. The van der Waals surface area contributed by atoms with E-state index in [0.29, 0.717) is 10.7 Å².